The van der Waals surface area contributed by atoms with Gasteiger partial charge in [-0.15, -0.1) is 0 Å². The summed E-state index contributed by atoms with van der Waals surface area (Å²) < 4.78 is 2.71. The number of rotatable bonds is 6. The second-order valence-corrected chi connectivity index (χ2v) is 4.12. The Bertz CT molecular complexity index is 670. The van der Waals surface area contributed by atoms with E-state index in [9.17, 15) is 14.4 Å². The van der Waals surface area contributed by atoms with E-state index >= 15 is 0 Å². The van der Waals surface area contributed by atoms with Crippen molar-refractivity contribution in [2.45, 2.75) is 45.8 Å². The highest BCUT2D eigenvalue weighted by Crippen LogP contribution is 1.85. The van der Waals surface area contributed by atoms with Crippen LogP contribution in [0.15, 0.2) is 14.4 Å². The number of aromatic nitrogens is 3. The molecule has 0 aliphatic rings. The van der Waals surface area contributed by atoms with Crippen molar-refractivity contribution in [2.24, 2.45) is 0 Å². The van der Waals surface area contributed by atoms with E-state index in [1.807, 2.05) is 12.1 Å². The van der Waals surface area contributed by atoms with E-state index in [1.54, 1.807) is 6.92 Å². The smallest absolute Gasteiger partial charge is 0.247 e. The molecule has 0 saturated carbocycles. The van der Waals surface area contributed by atoms with E-state index in [2.05, 4.69) is 0 Å². The lowest BCUT2D eigenvalue weighted by Gasteiger charge is -2.11. The first-order valence-electron chi connectivity index (χ1n) is 6.26. The van der Waals surface area contributed by atoms with E-state index in [4.69, 9.17) is 10.5 Å². The minimum Gasteiger partial charge on any atom is -0.247 e. The van der Waals surface area contributed by atoms with E-state index in [0.717, 1.165) is 13.7 Å². The number of nitrogens with zero attached hydrogens (tertiary/aromatic N) is 5. The molecule has 0 saturated heterocycles. The maximum atomic E-state index is 12.1. The first-order chi connectivity index (χ1) is 9.58. The van der Waals surface area contributed by atoms with Gasteiger partial charge in [-0.1, -0.05) is 6.92 Å². The van der Waals surface area contributed by atoms with E-state index in [0.29, 0.717) is 6.42 Å². The van der Waals surface area contributed by atoms with Gasteiger partial charge in [0.15, 0.2) is 0 Å². The summed E-state index contributed by atoms with van der Waals surface area (Å²) in [7, 11) is 0. The summed E-state index contributed by atoms with van der Waals surface area (Å²) in [5, 5.41) is 17.1. The summed E-state index contributed by atoms with van der Waals surface area (Å²) in [5.74, 6) is 0. The molecule has 0 unspecified atom stereocenters. The Labute approximate surface area is 114 Å². The third kappa shape index (κ3) is 3.04. The van der Waals surface area contributed by atoms with Crippen LogP contribution < -0.4 is 17.1 Å². The summed E-state index contributed by atoms with van der Waals surface area (Å²) in [6, 6.07) is 3.70. The molecule has 20 heavy (non-hydrogen) atoms. The van der Waals surface area contributed by atoms with Gasteiger partial charge in [0, 0.05) is 19.6 Å². The monoisotopic (exact) mass is 277 g/mol. The predicted octanol–water partition coefficient (Wildman–Crippen LogP) is -0.591. The molecule has 0 spiro atoms. The highest BCUT2D eigenvalue weighted by atomic mass is 16.2. The molecular formula is C12H15N5O3. The molecule has 0 bridgehead atoms. The minimum atomic E-state index is -0.766. The molecule has 1 aromatic heterocycles. The van der Waals surface area contributed by atoms with E-state index in [1.165, 1.54) is 0 Å². The minimum absolute atomic E-state index is 0.00226. The third-order valence-electron chi connectivity index (χ3n) is 2.73. The quantitative estimate of drug-likeness (QED) is 0.689. The van der Waals surface area contributed by atoms with Gasteiger partial charge in [0.25, 0.3) is 0 Å². The first-order valence-corrected chi connectivity index (χ1v) is 6.26. The van der Waals surface area contributed by atoms with Crippen molar-refractivity contribution in [3.63, 3.8) is 0 Å². The van der Waals surface area contributed by atoms with Crippen molar-refractivity contribution >= 4 is 0 Å². The summed E-state index contributed by atoms with van der Waals surface area (Å²) in [6.45, 7) is 1.86. The molecular weight excluding hydrogens is 262 g/mol. The Morgan fingerprint density at radius 1 is 0.800 bits per heavy atom. The van der Waals surface area contributed by atoms with Gasteiger partial charge in [0.2, 0.25) is 0 Å². The van der Waals surface area contributed by atoms with Crippen LogP contribution in [-0.4, -0.2) is 13.7 Å². The zero-order valence-electron chi connectivity index (χ0n) is 11.2. The summed E-state index contributed by atoms with van der Waals surface area (Å²) in [6.07, 6.45) is 0.555. The molecule has 106 valence electrons. The Morgan fingerprint density at radius 2 is 1.15 bits per heavy atom. The van der Waals surface area contributed by atoms with E-state index < -0.39 is 17.1 Å². The van der Waals surface area contributed by atoms with Crippen LogP contribution in [0.2, 0.25) is 0 Å². The Morgan fingerprint density at radius 3 is 1.45 bits per heavy atom. The van der Waals surface area contributed by atoms with Crippen LogP contribution >= 0.6 is 0 Å². The van der Waals surface area contributed by atoms with Crippen LogP contribution in [0.5, 0.6) is 0 Å². The lowest BCUT2D eigenvalue weighted by atomic mass is 10.4. The fraction of sp³-hybridized carbons (Fsp3) is 0.583. The molecule has 0 aromatic carbocycles. The molecule has 0 radical (unpaired) electrons. The van der Waals surface area contributed by atoms with Gasteiger partial charge in [-0.3, -0.25) is 0 Å². The van der Waals surface area contributed by atoms with Crippen LogP contribution in [0.4, 0.5) is 0 Å². The van der Waals surface area contributed by atoms with Gasteiger partial charge < -0.3 is 0 Å². The van der Waals surface area contributed by atoms with Crippen molar-refractivity contribution in [3.05, 3.63) is 31.5 Å². The van der Waals surface area contributed by atoms with Gasteiger partial charge in [0.05, 0.1) is 25.0 Å². The molecule has 0 N–H and O–H groups in total. The SMILES string of the molecule is CCCn1c(=O)n(CCC#N)c(=O)n(CCC#N)c1=O. The average molecular weight is 277 g/mol. The number of hydrogen-bond acceptors (Lipinski definition) is 5. The van der Waals surface area contributed by atoms with Crippen molar-refractivity contribution < 1.29 is 0 Å². The summed E-state index contributed by atoms with van der Waals surface area (Å²) in [4.78, 5) is 36.2. The summed E-state index contributed by atoms with van der Waals surface area (Å²) in [5.41, 5.74) is -2.17. The highest BCUT2D eigenvalue weighted by Gasteiger charge is 2.14. The van der Waals surface area contributed by atoms with Crippen LogP contribution in [0.3, 0.4) is 0 Å². The molecule has 1 heterocycles. The lowest BCUT2D eigenvalue weighted by molar-refractivity contribution is 0.447. The molecule has 0 atom stereocenters. The molecule has 0 aliphatic carbocycles. The van der Waals surface area contributed by atoms with Crippen LogP contribution in [-0.2, 0) is 19.6 Å². The zero-order valence-corrected chi connectivity index (χ0v) is 11.2. The number of hydrogen-bond donors (Lipinski definition) is 0. The molecule has 0 aliphatic heterocycles. The van der Waals surface area contributed by atoms with Gasteiger partial charge in [-0.2, -0.15) is 10.5 Å². The lowest BCUT2D eigenvalue weighted by Crippen LogP contribution is -2.54. The molecule has 1 aromatic rings. The van der Waals surface area contributed by atoms with Crippen molar-refractivity contribution in [2.75, 3.05) is 0 Å². The van der Waals surface area contributed by atoms with Crippen LogP contribution in [0.1, 0.15) is 26.2 Å². The third-order valence-corrected chi connectivity index (χ3v) is 2.73. The Kier molecular flexibility index (Phi) is 5.48. The van der Waals surface area contributed by atoms with Crippen molar-refractivity contribution in [3.8, 4) is 12.1 Å². The average Bonchev–Trinajstić information content (AvgIpc) is 2.43. The normalized spacial score (nSPS) is 9.95. The molecule has 0 amide bonds. The van der Waals surface area contributed by atoms with Gasteiger partial charge >= 0.3 is 17.1 Å². The standard InChI is InChI=1S/C12H15N5O3/c1-2-7-15-10(18)16(8-3-5-13)12(20)17(11(15)19)9-4-6-14/h2-4,7-9H2,1H3. The largest absolute Gasteiger partial charge is 0.336 e. The predicted molar refractivity (Wildman–Crippen MR) is 70.0 cm³/mol. The Balaban J connectivity index is 3.53. The topological polar surface area (TPSA) is 114 Å². The fourth-order valence-electron chi connectivity index (χ4n) is 1.80. The summed E-state index contributed by atoms with van der Waals surface area (Å²) >= 11 is 0. The van der Waals surface area contributed by atoms with Gasteiger partial charge in [0.1, 0.15) is 0 Å². The first kappa shape index (κ1) is 15.4. The Hall–Kier alpha value is -2.61. The second-order valence-electron chi connectivity index (χ2n) is 4.12. The molecule has 1 rings (SSSR count). The van der Waals surface area contributed by atoms with Gasteiger partial charge in [-0.05, 0) is 6.42 Å². The molecule has 0 fully saturated rings. The maximum absolute atomic E-state index is 12.1. The zero-order chi connectivity index (χ0) is 15.1. The molecule has 8 heteroatoms. The highest BCUT2D eigenvalue weighted by molar-refractivity contribution is 4.82. The number of nitriles is 2. The van der Waals surface area contributed by atoms with E-state index in [-0.39, 0.29) is 32.5 Å². The second kappa shape index (κ2) is 7.10. The van der Waals surface area contributed by atoms with Crippen molar-refractivity contribution in [1.29, 1.82) is 10.5 Å². The molecule has 8 nitrogen and oxygen atoms in total. The van der Waals surface area contributed by atoms with Crippen LogP contribution in [0.25, 0.3) is 0 Å². The van der Waals surface area contributed by atoms with Crippen molar-refractivity contribution in [1.82, 2.24) is 13.7 Å². The van der Waals surface area contributed by atoms with Crippen LogP contribution in [0, 0.1) is 22.7 Å². The fourth-order valence-corrected chi connectivity index (χ4v) is 1.80. The van der Waals surface area contributed by atoms with Gasteiger partial charge in [-0.25, -0.2) is 28.1 Å². The maximum Gasteiger partial charge on any atom is 0.336 e.